The van der Waals surface area contributed by atoms with E-state index in [-0.39, 0.29) is 16.8 Å². The van der Waals surface area contributed by atoms with Gasteiger partial charge in [0.1, 0.15) is 0 Å². The molecule has 0 bridgehead atoms. The van der Waals surface area contributed by atoms with Gasteiger partial charge in [-0.15, -0.1) is 0 Å². The molecule has 0 aliphatic carbocycles. The molecule has 2 aliphatic heterocycles. The van der Waals surface area contributed by atoms with E-state index in [1.54, 1.807) is 12.1 Å². The van der Waals surface area contributed by atoms with Gasteiger partial charge >= 0.3 is 0 Å². The maximum absolute atomic E-state index is 12.6. The maximum Gasteiger partial charge on any atom is 0.241 e. The minimum Gasteiger partial charge on any atom is -0.325 e. The van der Waals surface area contributed by atoms with E-state index in [4.69, 9.17) is 5.14 Å². The van der Waals surface area contributed by atoms with Crippen molar-refractivity contribution in [2.75, 3.05) is 31.5 Å². The lowest BCUT2D eigenvalue weighted by atomic mass is 10.0. The normalized spacial score (nSPS) is 21.0. The Morgan fingerprint density at radius 1 is 1.23 bits per heavy atom. The molecule has 7 nitrogen and oxygen atoms in total. The van der Waals surface area contributed by atoms with Crippen LogP contribution < -0.4 is 10.5 Å². The van der Waals surface area contributed by atoms with Crippen molar-refractivity contribution < 1.29 is 13.2 Å². The lowest BCUT2D eigenvalue weighted by Gasteiger charge is -2.38. The molecule has 0 spiro atoms. The largest absolute Gasteiger partial charge is 0.325 e. The first-order valence-corrected chi connectivity index (χ1v) is 10.5. The number of nitrogens with two attached hydrogens (primary N) is 1. The Kier molecular flexibility index (Phi) is 5.76. The van der Waals surface area contributed by atoms with Gasteiger partial charge in [0, 0.05) is 37.9 Å². The van der Waals surface area contributed by atoms with Gasteiger partial charge in [-0.3, -0.25) is 14.6 Å². The molecule has 0 radical (unpaired) electrons. The first-order chi connectivity index (χ1) is 12.3. The molecular formula is C18H26N4O3S. The van der Waals surface area contributed by atoms with Crippen molar-refractivity contribution in [2.24, 2.45) is 5.14 Å². The molecule has 1 amide bonds. The van der Waals surface area contributed by atoms with Crippen LogP contribution in [0.4, 0.5) is 5.69 Å². The van der Waals surface area contributed by atoms with Crippen molar-refractivity contribution in [3.8, 4) is 0 Å². The van der Waals surface area contributed by atoms with E-state index in [2.05, 4.69) is 27.3 Å². The molecule has 1 aromatic carbocycles. The average molecular weight is 378 g/mol. The van der Waals surface area contributed by atoms with Crippen LogP contribution in [0.25, 0.3) is 0 Å². The second kappa shape index (κ2) is 7.87. The summed E-state index contributed by atoms with van der Waals surface area (Å²) in [6, 6.07) is 6.33. The first-order valence-electron chi connectivity index (χ1n) is 8.91. The predicted octanol–water partition coefficient (Wildman–Crippen LogP) is 0.997. The van der Waals surface area contributed by atoms with Gasteiger partial charge in [-0.25, -0.2) is 13.6 Å². The third kappa shape index (κ3) is 4.50. The summed E-state index contributed by atoms with van der Waals surface area (Å²) in [5.41, 5.74) is 0.436. The monoisotopic (exact) mass is 378 g/mol. The van der Waals surface area contributed by atoms with E-state index < -0.39 is 10.0 Å². The van der Waals surface area contributed by atoms with Crippen molar-refractivity contribution in [1.82, 2.24) is 9.80 Å². The van der Waals surface area contributed by atoms with Gasteiger partial charge in [0.2, 0.25) is 15.9 Å². The van der Waals surface area contributed by atoms with E-state index in [1.165, 1.54) is 12.1 Å². The average Bonchev–Trinajstić information content (AvgIpc) is 3.15. The van der Waals surface area contributed by atoms with Crippen LogP contribution in [0, 0.1) is 0 Å². The van der Waals surface area contributed by atoms with Crippen LogP contribution in [0.5, 0.6) is 0 Å². The number of carbonyl (C=O) groups is 1. The van der Waals surface area contributed by atoms with Crippen molar-refractivity contribution in [2.45, 2.75) is 36.7 Å². The highest BCUT2D eigenvalue weighted by molar-refractivity contribution is 7.89. The Morgan fingerprint density at radius 3 is 2.50 bits per heavy atom. The van der Waals surface area contributed by atoms with Crippen LogP contribution in [-0.2, 0) is 14.8 Å². The smallest absolute Gasteiger partial charge is 0.241 e. The topological polar surface area (TPSA) is 95.7 Å². The lowest BCUT2D eigenvalue weighted by molar-refractivity contribution is -0.121. The Hall–Kier alpha value is -1.74. The van der Waals surface area contributed by atoms with Crippen LogP contribution in [-0.4, -0.2) is 62.4 Å². The third-order valence-electron chi connectivity index (χ3n) is 5.22. The number of benzene rings is 1. The minimum absolute atomic E-state index is 0.0111. The highest BCUT2D eigenvalue weighted by Gasteiger charge is 2.29. The lowest BCUT2D eigenvalue weighted by Crippen LogP contribution is -2.50. The molecule has 26 heavy (non-hydrogen) atoms. The summed E-state index contributed by atoms with van der Waals surface area (Å²) in [4.78, 5) is 17.2. The van der Waals surface area contributed by atoms with Crippen molar-refractivity contribution >= 4 is 21.6 Å². The van der Waals surface area contributed by atoms with E-state index in [1.807, 2.05) is 6.92 Å². The molecule has 2 heterocycles. The molecule has 1 aromatic rings. The van der Waals surface area contributed by atoms with E-state index in [0.717, 1.165) is 39.0 Å². The summed E-state index contributed by atoms with van der Waals surface area (Å²) in [5, 5.41) is 7.94. The minimum atomic E-state index is -3.79. The molecule has 1 fully saturated rings. The second-order valence-electron chi connectivity index (χ2n) is 6.93. The fourth-order valence-corrected chi connectivity index (χ4v) is 4.15. The Labute approximate surface area is 154 Å². The summed E-state index contributed by atoms with van der Waals surface area (Å²) in [6.45, 7) is 5.71. The van der Waals surface area contributed by atoms with E-state index >= 15 is 0 Å². The standard InChI is InChI=1S/C18H26N4O3S/c1-14(21-11-7-16(8-12-21)22-9-2-3-10-22)18(23)20-15-5-4-6-17(13-15)26(19,24)25/h2-6,13-14,16H,7-12H2,1H3,(H,20,23)(H2,19,24,25). The number of primary sulfonamides is 1. The molecule has 3 N–H and O–H groups in total. The quantitative estimate of drug-likeness (QED) is 0.745. The predicted molar refractivity (Wildman–Crippen MR) is 101 cm³/mol. The number of likely N-dealkylation sites (tertiary alicyclic amines) is 1. The van der Waals surface area contributed by atoms with Crippen LogP contribution in [0.15, 0.2) is 41.3 Å². The van der Waals surface area contributed by atoms with Crippen LogP contribution >= 0.6 is 0 Å². The molecular weight excluding hydrogens is 352 g/mol. The Morgan fingerprint density at radius 2 is 1.88 bits per heavy atom. The zero-order valence-electron chi connectivity index (χ0n) is 15.0. The van der Waals surface area contributed by atoms with Gasteiger partial charge in [0.05, 0.1) is 10.9 Å². The second-order valence-corrected chi connectivity index (χ2v) is 8.49. The molecule has 142 valence electrons. The number of anilines is 1. The maximum atomic E-state index is 12.6. The SMILES string of the molecule is CC(C(=O)Nc1cccc(S(N)(=O)=O)c1)N1CCC(N2CC=CC2)CC1. The summed E-state index contributed by atoms with van der Waals surface area (Å²) in [6.07, 6.45) is 6.52. The molecule has 2 aliphatic rings. The van der Waals surface area contributed by atoms with Gasteiger partial charge in [-0.2, -0.15) is 0 Å². The Bertz CT molecular complexity index is 777. The molecule has 3 rings (SSSR count). The van der Waals surface area contributed by atoms with Crippen molar-refractivity contribution in [3.05, 3.63) is 36.4 Å². The summed E-state index contributed by atoms with van der Waals surface area (Å²) in [5.74, 6) is -0.141. The van der Waals surface area contributed by atoms with Crippen molar-refractivity contribution in [3.63, 3.8) is 0 Å². The zero-order valence-corrected chi connectivity index (χ0v) is 15.8. The van der Waals surface area contributed by atoms with Gasteiger partial charge < -0.3 is 5.32 Å². The number of piperidine rings is 1. The number of rotatable bonds is 5. The molecule has 0 aromatic heterocycles. The molecule has 1 saturated heterocycles. The first kappa shape index (κ1) is 19.0. The molecule has 8 heteroatoms. The number of hydrogen-bond acceptors (Lipinski definition) is 5. The van der Waals surface area contributed by atoms with Gasteiger partial charge in [-0.05, 0) is 38.0 Å². The van der Waals surface area contributed by atoms with Crippen LogP contribution in [0.3, 0.4) is 0 Å². The fourth-order valence-electron chi connectivity index (χ4n) is 3.59. The third-order valence-corrected chi connectivity index (χ3v) is 6.13. The number of nitrogens with zero attached hydrogens (tertiary/aromatic N) is 2. The Balaban J connectivity index is 1.55. The fraction of sp³-hybridized carbons (Fsp3) is 0.500. The highest BCUT2D eigenvalue weighted by Crippen LogP contribution is 2.21. The molecule has 0 saturated carbocycles. The van der Waals surface area contributed by atoms with E-state index in [9.17, 15) is 13.2 Å². The summed E-state index contributed by atoms with van der Waals surface area (Å²) < 4.78 is 22.9. The van der Waals surface area contributed by atoms with Gasteiger partial charge in [-0.1, -0.05) is 18.2 Å². The van der Waals surface area contributed by atoms with Crippen LogP contribution in [0.1, 0.15) is 19.8 Å². The number of nitrogens with one attached hydrogen (secondary N) is 1. The van der Waals surface area contributed by atoms with Crippen LogP contribution in [0.2, 0.25) is 0 Å². The van der Waals surface area contributed by atoms with Gasteiger partial charge in [0.15, 0.2) is 0 Å². The van der Waals surface area contributed by atoms with Gasteiger partial charge in [0.25, 0.3) is 0 Å². The number of carbonyl (C=O) groups excluding carboxylic acids is 1. The summed E-state index contributed by atoms with van der Waals surface area (Å²) in [7, 11) is -3.79. The number of amides is 1. The van der Waals surface area contributed by atoms with E-state index in [0.29, 0.717) is 11.7 Å². The number of sulfonamides is 1. The molecule has 1 atom stereocenters. The van der Waals surface area contributed by atoms with Crippen molar-refractivity contribution in [1.29, 1.82) is 0 Å². The zero-order chi connectivity index (χ0) is 18.7. The highest BCUT2D eigenvalue weighted by atomic mass is 32.2. The molecule has 1 unspecified atom stereocenters. The number of hydrogen-bond donors (Lipinski definition) is 2. The summed E-state index contributed by atoms with van der Waals surface area (Å²) >= 11 is 0.